The van der Waals surface area contributed by atoms with Crippen molar-refractivity contribution in [3.8, 4) is 5.75 Å². The van der Waals surface area contributed by atoms with Crippen LogP contribution < -0.4 is 19.7 Å². The number of benzene rings is 3. The first-order chi connectivity index (χ1) is 15.8. The van der Waals surface area contributed by atoms with Crippen molar-refractivity contribution in [2.45, 2.75) is 19.9 Å². The lowest BCUT2D eigenvalue weighted by Gasteiger charge is -2.22. The van der Waals surface area contributed by atoms with Crippen LogP contribution in [0.1, 0.15) is 35.8 Å². The molecule has 0 fully saturated rings. The zero-order chi connectivity index (χ0) is 24.0. The van der Waals surface area contributed by atoms with Gasteiger partial charge in [-0.25, -0.2) is 17.9 Å². The van der Waals surface area contributed by atoms with Crippen LogP contribution in [0.4, 0.5) is 25.0 Å². The van der Waals surface area contributed by atoms with Crippen molar-refractivity contribution in [1.29, 1.82) is 0 Å². The highest BCUT2D eigenvalue weighted by Gasteiger charge is 2.19. The number of nitrogens with one attached hydrogen (secondary N) is 2. The molecule has 33 heavy (non-hydrogen) atoms. The molecule has 0 aliphatic rings. The normalized spacial score (nSPS) is 11.4. The maximum Gasteiger partial charge on any atom is 0.332 e. The van der Waals surface area contributed by atoms with E-state index >= 15 is 0 Å². The van der Waals surface area contributed by atoms with E-state index in [1.807, 2.05) is 0 Å². The molecule has 0 radical (unpaired) electrons. The molecule has 1 atom stereocenters. The lowest BCUT2D eigenvalue weighted by atomic mass is 10.1. The van der Waals surface area contributed by atoms with E-state index in [0.717, 1.165) is 9.87 Å². The SMILES string of the molecule is CCOc1cc(N(S)C(=O)NC(C)c2ccc(F)cc2)ccc1NC(=O)c1ccccc1F. The van der Waals surface area contributed by atoms with Crippen molar-refractivity contribution in [2.24, 2.45) is 0 Å². The molecule has 6 nitrogen and oxygen atoms in total. The Hall–Kier alpha value is -3.59. The number of urea groups is 1. The standard InChI is InChI=1S/C24H23F2N3O3S/c1-3-32-22-14-18(12-13-21(22)28-23(30)19-6-4-5-7-20(19)26)29(33)24(31)27-15(2)16-8-10-17(25)11-9-16/h4-15,33H,3H2,1-2H3,(H,27,31)(H,28,30). The molecule has 9 heteroatoms. The molecule has 3 amide bonds. The summed E-state index contributed by atoms with van der Waals surface area (Å²) in [7, 11) is 0. The van der Waals surface area contributed by atoms with Gasteiger partial charge in [-0.05, 0) is 55.8 Å². The number of nitrogens with zero attached hydrogens (tertiary/aromatic N) is 1. The van der Waals surface area contributed by atoms with Gasteiger partial charge in [0.05, 0.1) is 29.6 Å². The van der Waals surface area contributed by atoms with E-state index in [4.69, 9.17) is 4.74 Å². The molecule has 0 bridgehead atoms. The maximum atomic E-state index is 13.9. The molecule has 0 saturated heterocycles. The number of carbonyl (C=O) groups excluding carboxylic acids is 2. The molecule has 3 aromatic carbocycles. The van der Waals surface area contributed by atoms with Crippen LogP contribution in [-0.2, 0) is 0 Å². The third-order valence-corrected chi connectivity index (χ3v) is 5.19. The maximum absolute atomic E-state index is 13.9. The molecule has 0 saturated carbocycles. The molecule has 1 unspecified atom stereocenters. The van der Waals surface area contributed by atoms with Crippen LogP contribution in [0.15, 0.2) is 66.7 Å². The topological polar surface area (TPSA) is 70.7 Å². The summed E-state index contributed by atoms with van der Waals surface area (Å²) in [6.45, 7) is 3.83. The van der Waals surface area contributed by atoms with Gasteiger partial charge in [0.1, 0.15) is 17.4 Å². The fraction of sp³-hybridized carbons (Fsp3) is 0.167. The molecule has 3 rings (SSSR count). The summed E-state index contributed by atoms with van der Waals surface area (Å²) in [6.07, 6.45) is 0. The molecule has 0 heterocycles. The Morgan fingerprint density at radius 2 is 1.76 bits per heavy atom. The van der Waals surface area contributed by atoms with E-state index in [0.29, 0.717) is 18.0 Å². The highest BCUT2D eigenvalue weighted by Crippen LogP contribution is 2.32. The van der Waals surface area contributed by atoms with Crippen molar-refractivity contribution in [3.05, 3.63) is 89.5 Å². The summed E-state index contributed by atoms with van der Waals surface area (Å²) in [5.74, 6) is -1.34. The van der Waals surface area contributed by atoms with Gasteiger partial charge in [0, 0.05) is 6.07 Å². The quantitative estimate of drug-likeness (QED) is 0.385. The summed E-state index contributed by atoms with van der Waals surface area (Å²) in [4.78, 5) is 25.1. The van der Waals surface area contributed by atoms with Crippen molar-refractivity contribution < 1.29 is 23.1 Å². The second-order valence-electron chi connectivity index (χ2n) is 7.08. The van der Waals surface area contributed by atoms with E-state index < -0.39 is 23.8 Å². The number of ether oxygens (including phenoxy) is 1. The van der Waals surface area contributed by atoms with Gasteiger partial charge < -0.3 is 15.4 Å². The average Bonchev–Trinajstić information content (AvgIpc) is 2.80. The second-order valence-corrected chi connectivity index (χ2v) is 7.48. The summed E-state index contributed by atoms with van der Waals surface area (Å²) in [6, 6.07) is 15.2. The molecular weight excluding hydrogens is 448 g/mol. The zero-order valence-electron chi connectivity index (χ0n) is 18.0. The molecular formula is C24H23F2N3O3S. The Labute approximate surface area is 196 Å². The Morgan fingerprint density at radius 3 is 2.42 bits per heavy atom. The molecule has 172 valence electrons. The van der Waals surface area contributed by atoms with Crippen molar-refractivity contribution in [1.82, 2.24) is 5.32 Å². The van der Waals surface area contributed by atoms with Gasteiger partial charge in [-0.1, -0.05) is 37.1 Å². The third-order valence-electron chi connectivity index (χ3n) is 4.78. The van der Waals surface area contributed by atoms with Crippen LogP contribution >= 0.6 is 12.8 Å². The summed E-state index contributed by atoms with van der Waals surface area (Å²) < 4.78 is 33.7. The highest BCUT2D eigenvalue weighted by atomic mass is 32.1. The minimum atomic E-state index is -0.641. The minimum Gasteiger partial charge on any atom is -0.492 e. The smallest absolute Gasteiger partial charge is 0.332 e. The van der Waals surface area contributed by atoms with E-state index in [2.05, 4.69) is 23.4 Å². The number of rotatable bonds is 7. The van der Waals surface area contributed by atoms with Crippen molar-refractivity contribution in [2.75, 3.05) is 16.2 Å². The Bertz CT molecular complexity index is 1140. The summed E-state index contributed by atoms with van der Waals surface area (Å²) in [5, 5.41) is 5.40. The number of halogens is 2. The van der Waals surface area contributed by atoms with Gasteiger partial charge in [0.25, 0.3) is 5.91 Å². The molecule has 0 aliphatic carbocycles. The fourth-order valence-corrected chi connectivity index (χ4v) is 3.24. The van der Waals surface area contributed by atoms with Crippen LogP contribution in [0.2, 0.25) is 0 Å². The van der Waals surface area contributed by atoms with Crippen molar-refractivity contribution in [3.63, 3.8) is 0 Å². The molecule has 0 aliphatic heterocycles. The first-order valence-corrected chi connectivity index (χ1v) is 10.6. The van der Waals surface area contributed by atoms with Gasteiger partial charge in [-0.2, -0.15) is 0 Å². The van der Waals surface area contributed by atoms with Crippen LogP contribution in [-0.4, -0.2) is 18.5 Å². The largest absolute Gasteiger partial charge is 0.492 e. The molecule has 2 N–H and O–H groups in total. The minimum absolute atomic E-state index is 0.103. The van der Waals surface area contributed by atoms with E-state index in [1.54, 1.807) is 44.2 Å². The number of thiol groups is 1. The Balaban J connectivity index is 1.75. The average molecular weight is 472 g/mol. The first kappa shape index (κ1) is 24.1. The second kappa shape index (κ2) is 10.8. The van der Waals surface area contributed by atoms with E-state index in [9.17, 15) is 18.4 Å². The van der Waals surface area contributed by atoms with Gasteiger partial charge in [0.2, 0.25) is 0 Å². The summed E-state index contributed by atoms with van der Waals surface area (Å²) in [5.41, 5.74) is 1.33. The van der Waals surface area contributed by atoms with Crippen LogP contribution in [0.3, 0.4) is 0 Å². The lowest BCUT2D eigenvalue weighted by Crippen LogP contribution is -2.35. The van der Waals surface area contributed by atoms with Gasteiger partial charge >= 0.3 is 6.03 Å². The molecule has 0 spiro atoms. The number of carbonyl (C=O) groups is 2. The van der Waals surface area contributed by atoms with Crippen LogP contribution in [0.25, 0.3) is 0 Å². The Kier molecular flexibility index (Phi) is 7.89. The zero-order valence-corrected chi connectivity index (χ0v) is 18.9. The van der Waals surface area contributed by atoms with Crippen LogP contribution in [0, 0.1) is 11.6 Å². The first-order valence-electron chi connectivity index (χ1n) is 10.2. The predicted molar refractivity (Wildman–Crippen MR) is 127 cm³/mol. The number of hydrogen-bond acceptors (Lipinski definition) is 4. The van der Waals surface area contributed by atoms with Crippen molar-refractivity contribution >= 4 is 36.1 Å². The van der Waals surface area contributed by atoms with Gasteiger partial charge in [-0.3, -0.25) is 4.79 Å². The van der Waals surface area contributed by atoms with Gasteiger partial charge in [-0.15, -0.1) is 0 Å². The summed E-state index contributed by atoms with van der Waals surface area (Å²) >= 11 is 4.28. The number of anilines is 2. The predicted octanol–water partition coefficient (Wildman–Crippen LogP) is 5.74. The molecule has 0 aromatic heterocycles. The fourth-order valence-electron chi connectivity index (χ4n) is 3.05. The van der Waals surface area contributed by atoms with Crippen LogP contribution in [0.5, 0.6) is 5.75 Å². The van der Waals surface area contributed by atoms with E-state index in [1.165, 1.54) is 36.4 Å². The highest BCUT2D eigenvalue weighted by molar-refractivity contribution is 7.82. The third kappa shape index (κ3) is 6.01. The Morgan fingerprint density at radius 1 is 1.06 bits per heavy atom. The lowest BCUT2D eigenvalue weighted by molar-refractivity contribution is 0.102. The van der Waals surface area contributed by atoms with E-state index in [-0.39, 0.29) is 17.1 Å². The van der Waals surface area contributed by atoms with Gasteiger partial charge in [0.15, 0.2) is 0 Å². The molecule has 3 aromatic rings. The number of hydrogen-bond donors (Lipinski definition) is 3. The monoisotopic (exact) mass is 471 g/mol. The number of amides is 3.